The van der Waals surface area contributed by atoms with Crippen molar-refractivity contribution in [2.75, 3.05) is 0 Å². The highest BCUT2D eigenvalue weighted by Gasteiger charge is 2.21. The SMILES string of the molecule is NCc1cccc2c1-c1cc(-c3ccc(-c4cccc5ccccc45)cc3)ccc1C2. The molecule has 5 aromatic carbocycles. The van der Waals surface area contributed by atoms with E-state index in [1.54, 1.807) is 0 Å². The molecule has 2 N–H and O–H groups in total. The Balaban J connectivity index is 1.41. The molecule has 0 amide bonds. The number of fused-ring (bicyclic) bond motifs is 4. The van der Waals surface area contributed by atoms with E-state index < -0.39 is 0 Å². The molecule has 0 spiro atoms. The molecule has 0 bridgehead atoms. The average molecular weight is 398 g/mol. The highest BCUT2D eigenvalue weighted by molar-refractivity contribution is 5.97. The van der Waals surface area contributed by atoms with Crippen molar-refractivity contribution in [3.05, 3.63) is 120 Å². The van der Waals surface area contributed by atoms with Crippen molar-refractivity contribution < 1.29 is 0 Å². The lowest BCUT2D eigenvalue weighted by molar-refractivity contribution is 1.07. The van der Waals surface area contributed by atoms with E-state index in [2.05, 4.69) is 103 Å². The lowest BCUT2D eigenvalue weighted by Gasteiger charge is -2.11. The molecular weight excluding hydrogens is 374 g/mol. The van der Waals surface area contributed by atoms with Crippen LogP contribution in [0.1, 0.15) is 16.7 Å². The molecule has 148 valence electrons. The van der Waals surface area contributed by atoms with Gasteiger partial charge in [-0.05, 0) is 73.3 Å². The molecule has 6 rings (SSSR count). The summed E-state index contributed by atoms with van der Waals surface area (Å²) in [4.78, 5) is 0. The van der Waals surface area contributed by atoms with Crippen LogP contribution in [0.25, 0.3) is 44.2 Å². The Morgan fingerprint density at radius 1 is 0.581 bits per heavy atom. The summed E-state index contributed by atoms with van der Waals surface area (Å²) in [5.74, 6) is 0. The Hall–Kier alpha value is -3.68. The van der Waals surface area contributed by atoms with Crippen molar-refractivity contribution in [1.82, 2.24) is 0 Å². The van der Waals surface area contributed by atoms with Gasteiger partial charge in [0.25, 0.3) is 0 Å². The standard InChI is InChI=1S/C30H23N/c31-19-26-8-3-7-25-17-24-16-15-23(18-29(24)30(25)26)20-11-13-22(14-12-20)28-10-4-6-21-5-1-2-9-27(21)28/h1-16,18H,17,19,31H2. The van der Waals surface area contributed by atoms with Gasteiger partial charge in [0, 0.05) is 6.54 Å². The Morgan fingerprint density at radius 2 is 1.32 bits per heavy atom. The molecule has 0 atom stereocenters. The van der Waals surface area contributed by atoms with Gasteiger partial charge in [-0.15, -0.1) is 0 Å². The molecule has 0 fully saturated rings. The third-order valence-electron chi connectivity index (χ3n) is 6.54. The summed E-state index contributed by atoms with van der Waals surface area (Å²) in [6, 6.07) is 37.4. The van der Waals surface area contributed by atoms with Crippen molar-refractivity contribution in [1.29, 1.82) is 0 Å². The summed E-state index contributed by atoms with van der Waals surface area (Å²) in [6.07, 6.45) is 0.999. The fraction of sp³-hybridized carbons (Fsp3) is 0.0667. The maximum Gasteiger partial charge on any atom is 0.0184 e. The lowest BCUT2D eigenvalue weighted by Crippen LogP contribution is -1.99. The van der Waals surface area contributed by atoms with E-state index in [9.17, 15) is 0 Å². The van der Waals surface area contributed by atoms with Gasteiger partial charge in [0.05, 0.1) is 0 Å². The van der Waals surface area contributed by atoms with E-state index in [-0.39, 0.29) is 0 Å². The molecule has 31 heavy (non-hydrogen) atoms. The van der Waals surface area contributed by atoms with Gasteiger partial charge in [-0.2, -0.15) is 0 Å². The van der Waals surface area contributed by atoms with Crippen LogP contribution in [-0.2, 0) is 13.0 Å². The number of hydrogen-bond acceptors (Lipinski definition) is 1. The zero-order chi connectivity index (χ0) is 20.8. The van der Waals surface area contributed by atoms with Gasteiger partial charge in [0.2, 0.25) is 0 Å². The zero-order valence-corrected chi connectivity index (χ0v) is 17.3. The predicted octanol–water partition coefficient (Wildman–Crippen LogP) is 7.20. The second kappa shape index (κ2) is 7.23. The highest BCUT2D eigenvalue weighted by Crippen LogP contribution is 2.41. The first-order valence-electron chi connectivity index (χ1n) is 10.8. The Kier molecular flexibility index (Phi) is 4.22. The molecule has 0 unspecified atom stereocenters. The van der Waals surface area contributed by atoms with Gasteiger partial charge in [-0.1, -0.05) is 97.1 Å². The molecule has 1 nitrogen and oxygen atoms in total. The normalized spacial score (nSPS) is 12.0. The first kappa shape index (κ1) is 18.1. The van der Waals surface area contributed by atoms with Crippen LogP contribution >= 0.6 is 0 Å². The Morgan fingerprint density at radius 3 is 2.19 bits per heavy atom. The van der Waals surface area contributed by atoms with E-state index >= 15 is 0 Å². The van der Waals surface area contributed by atoms with E-state index in [1.165, 1.54) is 60.8 Å². The summed E-state index contributed by atoms with van der Waals surface area (Å²) in [5.41, 5.74) is 17.8. The number of rotatable bonds is 3. The molecule has 1 aliphatic carbocycles. The monoisotopic (exact) mass is 397 g/mol. The summed E-state index contributed by atoms with van der Waals surface area (Å²) < 4.78 is 0. The summed E-state index contributed by atoms with van der Waals surface area (Å²) >= 11 is 0. The summed E-state index contributed by atoms with van der Waals surface area (Å²) in [5, 5.41) is 2.57. The zero-order valence-electron chi connectivity index (χ0n) is 17.3. The smallest absolute Gasteiger partial charge is 0.0184 e. The van der Waals surface area contributed by atoms with Crippen LogP contribution in [0.15, 0.2) is 103 Å². The molecular formula is C30H23N. The lowest BCUT2D eigenvalue weighted by atomic mass is 9.94. The number of hydrogen-bond donors (Lipinski definition) is 1. The van der Waals surface area contributed by atoms with Crippen LogP contribution in [0.3, 0.4) is 0 Å². The second-order valence-electron chi connectivity index (χ2n) is 8.31. The third-order valence-corrected chi connectivity index (χ3v) is 6.54. The topological polar surface area (TPSA) is 26.0 Å². The van der Waals surface area contributed by atoms with Crippen LogP contribution in [0, 0.1) is 0 Å². The van der Waals surface area contributed by atoms with Crippen LogP contribution in [-0.4, -0.2) is 0 Å². The molecule has 0 saturated carbocycles. The first-order valence-corrected chi connectivity index (χ1v) is 10.8. The molecule has 0 radical (unpaired) electrons. The van der Waals surface area contributed by atoms with Gasteiger partial charge in [-0.25, -0.2) is 0 Å². The van der Waals surface area contributed by atoms with Crippen molar-refractivity contribution >= 4 is 10.8 Å². The maximum atomic E-state index is 6.04. The van der Waals surface area contributed by atoms with Gasteiger partial charge in [0.1, 0.15) is 0 Å². The molecule has 1 aliphatic rings. The van der Waals surface area contributed by atoms with Gasteiger partial charge < -0.3 is 5.73 Å². The van der Waals surface area contributed by atoms with Gasteiger partial charge in [-0.3, -0.25) is 0 Å². The maximum absolute atomic E-state index is 6.04. The summed E-state index contributed by atoms with van der Waals surface area (Å²) in [6.45, 7) is 0.576. The minimum atomic E-state index is 0.576. The molecule has 0 heterocycles. The first-order chi connectivity index (χ1) is 15.3. The third kappa shape index (κ3) is 2.98. The van der Waals surface area contributed by atoms with Gasteiger partial charge in [0.15, 0.2) is 0 Å². The summed E-state index contributed by atoms with van der Waals surface area (Å²) in [7, 11) is 0. The van der Waals surface area contributed by atoms with E-state index in [1.807, 2.05) is 0 Å². The fourth-order valence-corrected chi connectivity index (χ4v) is 4.98. The minimum Gasteiger partial charge on any atom is -0.326 e. The average Bonchev–Trinajstić information content (AvgIpc) is 3.22. The molecule has 5 aromatic rings. The molecule has 0 saturated heterocycles. The van der Waals surface area contributed by atoms with Crippen LogP contribution in [0.5, 0.6) is 0 Å². The molecule has 0 aromatic heterocycles. The molecule has 1 heteroatoms. The van der Waals surface area contributed by atoms with Crippen LogP contribution < -0.4 is 5.73 Å². The number of nitrogens with two attached hydrogens (primary N) is 1. The van der Waals surface area contributed by atoms with Crippen LogP contribution in [0.4, 0.5) is 0 Å². The van der Waals surface area contributed by atoms with Crippen molar-refractivity contribution in [3.63, 3.8) is 0 Å². The number of benzene rings is 5. The van der Waals surface area contributed by atoms with E-state index in [0.717, 1.165) is 6.42 Å². The minimum absolute atomic E-state index is 0.576. The molecule has 0 aliphatic heterocycles. The van der Waals surface area contributed by atoms with E-state index in [4.69, 9.17) is 5.73 Å². The van der Waals surface area contributed by atoms with Gasteiger partial charge >= 0.3 is 0 Å². The Bertz CT molecular complexity index is 1420. The predicted molar refractivity (Wildman–Crippen MR) is 131 cm³/mol. The van der Waals surface area contributed by atoms with Crippen molar-refractivity contribution in [3.8, 4) is 33.4 Å². The second-order valence-corrected chi connectivity index (χ2v) is 8.31. The van der Waals surface area contributed by atoms with Crippen molar-refractivity contribution in [2.45, 2.75) is 13.0 Å². The quantitative estimate of drug-likeness (QED) is 0.336. The van der Waals surface area contributed by atoms with Crippen LogP contribution in [0.2, 0.25) is 0 Å². The van der Waals surface area contributed by atoms with Crippen molar-refractivity contribution in [2.24, 2.45) is 5.73 Å². The highest BCUT2D eigenvalue weighted by atomic mass is 14.5. The largest absolute Gasteiger partial charge is 0.326 e. The fourth-order valence-electron chi connectivity index (χ4n) is 4.98. The Labute approximate surface area is 182 Å². The van der Waals surface area contributed by atoms with E-state index in [0.29, 0.717) is 6.54 Å².